The molecule has 7 aromatic rings. The van der Waals surface area contributed by atoms with Gasteiger partial charge in [-0.15, -0.1) is 68.3 Å². The van der Waals surface area contributed by atoms with Crippen molar-refractivity contribution in [1.82, 2.24) is 0 Å². The summed E-state index contributed by atoms with van der Waals surface area (Å²) in [6, 6.07) is 51.1. The molecule has 0 aliphatic rings. The molecule has 0 atom stereocenters. The zero-order chi connectivity index (χ0) is 40.4. The van der Waals surface area contributed by atoms with Gasteiger partial charge in [-0.25, -0.2) is 0 Å². The Balaban J connectivity index is 0.00000256. The second kappa shape index (κ2) is 17.4. The maximum absolute atomic E-state index is 2.63. The topological polar surface area (TPSA) is 0 Å². The Bertz CT molecular complexity index is 2290. The summed E-state index contributed by atoms with van der Waals surface area (Å²) >= 11 is 0. The molecule has 7 rings (SSSR count). The molecule has 0 spiro atoms. The van der Waals surface area contributed by atoms with Gasteiger partial charge in [0.15, 0.2) is 0 Å². The van der Waals surface area contributed by atoms with E-state index in [4.69, 9.17) is 0 Å². The zero-order valence-corrected chi connectivity index (χ0v) is 43.6. The van der Waals surface area contributed by atoms with E-state index in [1.165, 1.54) is 82.0 Å². The molecule has 0 saturated heterocycles. The van der Waals surface area contributed by atoms with E-state index in [-0.39, 0.29) is 62.4 Å². The molecule has 0 bridgehead atoms. The fourth-order valence-corrected chi connectivity index (χ4v) is 12.0. The van der Waals surface area contributed by atoms with Crippen LogP contribution in [-0.4, -0.2) is 8.07 Å². The van der Waals surface area contributed by atoms with E-state index in [2.05, 4.69) is 217 Å². The summed E-state index contributed by atoms with van der Waals surface area (Å²) in [5, 5.41) is 8.50. The van der Waals surface area contributed by atoms with Gasteiger partial charge < -0.3 is 14.9 Å². The van der Waals surface area contributed by atoms with Gasteiger partial charge in [0.25, 0.3) is 0 Å². The molecule has 0 nitrogen and oxygen atoms in total. The van der Waals surface area contributed by atoms with Crippen LogP contribution < -0.4 is 10.4 Å². The van der Waals surface area contributed by atoms with E-state index in [0.29, 0.717) is 0 Å². The van der Waals surface area contributed by atoms with Gasteiger partial charge in [-0.1, -0.05) is 180 Å². The molecule has 2 heteroatoms. The average Bonchev–Trinajstić information content (AvgIpc) is 3.78. The minimum absolute atomic E-state index is 0. The van der Waals surface area contributed by atoms with Crippen LogP contribution in [0.15, 0.2) is 127 Å². The molecule has 0 unspecified atom stereocenters. The summed E-state index contributed by atoms with van der Waals surface area (Å²) in [5.41, 5.74) is 12.6. The van der Waals surface area contributed by atoms with Crippen LogP contribution in [0.25, 0.3) is 43.8 Å². The van der Waals surface area contributed by atoms with Gasteiger partial charge >= 0.3 is 25.8 Å². The van der Waals surface area contributed by atoms with Gasteiger partial charge in [-0.2, -0.15) is 12.1 Å². The first kappa shape index (κ1) is 48.1. The molecule has 0 saturated carbocycles. The van der Waals surface area contributed by atoms with Gasteiger partial charge in [0.05, 0.1) is 8.07 Å². The van der Waals surface area contributed by atoms with Gasteiger partial charge in [-0.05, 0) is 73.1 Å². The summed E-state index contributed by atoms with van der Waals surface area (Å²) in [6.07, 6.45) is 1.07. The van der Waals surface area contributed by atoms with E-state index in [0.717, 1.165) is 12.5 Å². The Kier molecular flexibility index (Phi) is 14.2. The van der Waals surface area contributed by atoms with Crippen molar-refractivity contribution in [2.45, 2.75) is 124 Å². The van der Waals surface area contributed by atoms with Crippen molar-refractivity contribution in [3.05, 3.63) is 170 Å². The second-order valence-electron chi connectivity index (χ2n) is 21.0. The number of aryl methyl sites for hydroxylation is 1. The van der Waals surface area contributed by atoms with Crippen LogP contribution in [0, 0.1) is 14.9 Å². The fraction of sp³-hybridized carbons (Fsp3) is 0.333. The Morgan fingerprint density at radius 3 is 1.14 bits per heavy atom. The van der Waals surface area contributed by atoms with E-state index >= 15 is 0 Å². The first-order valence-corrected chi connectivity index (χ1v) is 23.6. The van der Waals surface area contributed by atoms with Crippen molar-refractivity contribution < 1.29 is 25.8 Å². The third-order valence-electron chi connectivity index (χ3n) is 12.5. The fourth-order valence-electron chi connectivity index (χ4n) is 8.40. The van der Waals surface area contributed by atoms with Gasteiger partial charge in [0, 0.05) is 0 Å². The molecule has 7 aromatic carbocycles. The average molecular weight is 962 g/mol. The molecular weight excluding hydrogens is 891 g/mol. The number of hydrogen-bond donors (Lipinski definition) is 0. The first-order chi connectivity index (χ1) is 26.1. The van der Waals surface area contributed by atoms with E-state index in [1.54, 1.807) is 0 Å². The molecule has 0 radical (unpaired) electrons. The number of fused-ring (bicyclic) bond motifs is 2. The molecule has 306 valence electrons. The van der Waals surface area contributed by atoms with Crippen LogP contribution in [0.5, 0.6) is 0 Å². The normalized spacial score (nSPS) is 12.6. The van der Waals surface area contributed by atoms with Crippen molar-refractivity contribution in [3.63, 3.8) is 0 Å². The minimum Gasteiger partial charge on any atom is -0.358 e. The maximum Gasteiger partial charge on any atom is 4.00 e. The molecule has 59 heavy (non-hydrogen) atoms. The molecule has 0 fully saturated rings. The first-order valence-electron chi connectivity index (χ1n) is 20.9. The quantitative estimate of drug-likeness (QED) is 0.110. The Hall–Kier alpha value is -3.59. The van der Waals surface area contributed by atoms with Gasteiger partial charge in [0.2, 0.25) is 0 Å². The SMILES string of the molecule is CC(C)(C)c1cc(-c2cccc3[cH-]c([Si](C)(CCc4ccccc4)c4cc5c(-c6cc(C(C)(C)C)cc(C(C)(C)C)c6)cccc5[cH-]4)cc23)cc(C(C)(C)C)c1.[CH3-].[CH3-].[Hf+4]. The van der Waals surface area contributed by atoms with Crippen LogP contribution in [0.4, 0.5) is 0 Å². The van der Waals surface area contributed by atoms with Crippen molar-refractivity contribution >= 4 is 40.0 Å². The van der Waals surface area contributed by atoms with Crippen LogP contribution in [-0.2, 0) is 53.9 Å². The van der Waals surface area contributed by atoms with E-state index in [9.17, 15) is 0 Å². The predicted molar refractivity (Wildman–Crippen MR) is 263 cm³/mol. The molecule has 0 aliphatic heterocycles. The summed E-state index contributed by atoms with van der Waals surface area (Å²) < 4.78 is 0. The number of hydrogen-bond acceptors (Lipinski definition) is 0. The molecule has 0 aromatic heterocycles. The predicted octanol–water partition coefficient (Wildman–Crippen LogP) is 15.3. The van der Waals surface area contributed by atoms with Crippen LogP contribution >= 0.6 is 0 Å². The third-order valence-corrected chi connectivity index (χ3v) is 16.9. The standard InChI is InChI=1S/C55H64Si.2CH3.Hf/c1-52(2,3)42-27-40(28-43(33-42)53(4,5)6)48-23-17-21-38-31-46(35-50(38)48)56(13,26-25-37-19-15-14-16-20-37)47-32-39-22-18-24-49(51(39)36-47)41-29-44(54(7,8)9)34-45(30-41)55(10,11)12;;;/h14-24,27-36H,25-26H2,1-13H3;2*1H3;/q-2;2*-1;+4. The van der Waals surface area contributed by atoms with Crippen molar-refractivity contribution in [2.75, 3.05) is 0 Å². The largest absolute Gasteiger partial charge is 4.00 e. The third kappa shape index (κ3) is 9.97. The smallest absolute Gasteiger partial charge is 0.358 e. The minimum atomic E-state index is -2.26. The summed E-state index contributed by atoms with van der Waals surface area (Å²) in [6.45, 7) is 30.7. The van der Waals surface area contributed by atoms with Crippen molar-refractivity contribution in [2.24, 2.45) is 0 Å². The van der Waals surface area contributed by atoms with Crippen LogP contribution in [0.3, 0.4) is 0 Å². The van der Waals surface area contributed by atoms with Crippen molar-refractivity contribution in [1.29, 1.82) is 0 Å². The Morgan fingerprint density at radius 1 is 0.441 bits per heavy atom. The molecule has 0 heterocycles. The summed E-state index contributed by atoms with van der Waals surface area (Å²) in [5.74, 6) is 0. The second-order valence-corrected chi connectivity index (χ2v) is 25.3. The number of benzene rings is 5. The van der Waals surface area contributed by atoms with E-state index < -0.39 is 8.07 Å². The van der Waals surface area contributed by atoms with Crippen LogP contribution in [0.2, 0.25) is 12.6 Å². The van der Waals surface area contributed by atoms with Gasteiger partial charge in [-0.3, -0.25) is 0 Å². The molecular formula is C57H70HfSi. The van der Waals surface area contributed by atoms with Crippen molar-refractivity contribution in [3.8, 4) is 22.3 Å². The summed E-state index contributed by atoms with van der Waals surface area (Å²) in [4.78, 5) is 0. The molecule has 0 aliphatic carbocycles. The van der Waals surface area contributed by atoms with E-state index in [1.807, 2.05) is 0 Å². The maximum atomic E-state index is 2.63. The Labute approximate surface area is 379 Å². The molecule has 0 N–H and O–H groups in total. The molecule has 0 amide bonds. The number of rotatable bonds is 7. The Morgan fingerprint density at radius 2 is 0.797 bits per heavy atom. The zero-order valence-electron chi connectivity index (χ0n) is 39.0. The summed E-state index contributed by atoms with van der Waals surface area (Å²) in [7, 11) is -2.26. The van der Waals surface area contributed by atoms with Gasteiger partial charge in [0.1, 0.15) is 0 Å². The van der Waals surface area contributed by atoms with Crippen LogP contribution in [0.1, 0.15) is 111 Å². The monoisotopic (exact) mass is 962 g/mol.